The molecular weight excluding hydrogens is 236 g/mol. The molecule has 1 saturated carbocycles. The predicted molar refractivity (Wildman–Crippen MR) is 75.7 cm³/mol. The van der Waals surface area contributed by atoms with Crippen LogP contribution in [0.15, 0.2) is 35.1 Å². The Bertz CT molecular complexity index is 628. The van der Waals surface area contributed by atoms with Crippen molar-refractivity contribution in [3.8, 4) is 0 Å². The van der Waals surface area contributed by atoms with Crippen molar-refractivity contribution in [3.05, 3.63) is 36.2 Å². The van der Waals surface area contributed by atoms with Crippen LogP contribution in [-0.2, 0) is 0 Å². The zero-order valence-electron chi connectivity index (χ0n) is 11.1. The van der Waals surface area contributed by atoms with Gasteiger partial charge in [0.25, 0.3) is 0 Å². The van der Waals surface area contributed by atoms with Crippen LogP contribution < -0.4 is 0 Å². The molecular formula is C16H18N2O. The molecule has 19 heavy (non-hydrogen) atoms. The van der Waals surface area contributed by atoms with Gasteiger partial charge in [0.15, 0.2) is 5.58 Å². The van der Waals surface area contributed by atoms with Crippen LogP contribution in [0.4, 0.5) is 0 Å². The van der Waals surface area contributed by atoms with E-state index in [9.17, 15) is 0 Å². The molecule has 3 heterocycles. The number of hydrogen-bond acceptors (Lipinski definition) is 3. The van der Waals surface area contributed by atoms with Crippen LogP contribution in [-0.4, -0.2) is 29.0 Å². The summed E-state index contributed by atoms with van der Waals surface area (Å²) >= 11 is 0. The maximum atomic E-state index is 5.39. The molecule has 2 bridgehead atoms. The topological polar surface area (TPSA) is 29.3 Å². The maximum absolute atomic E-state index is 5.39. The lowest BCUT2D eigenvalue weighted by molar-refractivity contribution is 0.211. The van der Waals surface area contributed by atoms with E-state index >= 15 is 0 Å². The molecule has 3 nitrogen and oxygen atoms in total. The van der Waals surface area contributed by atoms with Gasteiger partial charge in [0, 0.05) is 24.3 Å². The van der Waals surface area contributed by atoms with Crippen LogP contribution in [0.1, 0.15) is 24.8 Å². The first-order valence-electron chi connectivity index (χ1n) is 7.04. The average molecular weight is 254 g/mol. The zero-order chi connectivity index (χ0) is 12.8. The highest BCUT2D eigenvalue weighted by Crippen LogP contribution is 2.41. The summed E-state index contributed by atoms with van der Waals surface area (Å²) in [5, 5.41) is 0. The van der Waals surface area contributed by atoms with Crippen molar-refractivity contribution in [1.29, 1.82) is 0 Å². The first-order valence-corrected chi connectivity index (χ1v) is 7.04. The quantitative estimate of drug-likeness (QED) is 0.823. The van der Waals surface area contributed by atoms with Crippen molar-refractivity contribution in [3.63, 3.8) is 0 Å². The normalized spacial score (nSPS) is 30.9. The predicted octanol–water partition coefficient (Wildman–Crippen LogP) is 3.32. The molecule has 0 aromatic carbocycles. The molecule has 0 N–H and O–H groups in total. The second-order valence-electron chi connectivity index (χ2n) is 5.81. The lowest BCUT2D eigenvalue weighted by Gasteiger charge is -2.29. The van der Waals surface area contributed by atoms with E-state index in [0.29, 0.717) is 6.04 Å². The lowest BCUT2D eigenvalue weighted by atomic mass is 9.98. The van der Waals surface area contributed by atoms with Gasteiger partial charge >= 0.3 is 0 Å². The molecule has 98 valence electrons. The number of rotatable bonds is 2. The molecule has 2 aliphatic rings. The van der Waals surface area contributed by atoms with Crippen molar-refractivity contribution in [2.75, 3.05) is 7.05 Å². The molecule has 0 amide bonds. The van der Waals surface area contributed by atoms with Gasteiger partial charge in [-0.25, -0.2) is 0 Å². The number of hydrogen-bond donors (Lipinski definition) is 0. The number of likely N-dealkylation sites (N-methyl/N-ethyl adjacent to an activating group) is 1. The first kappa shape index (κ1) is 11.2. The molecule has 2 aromatic heterocycles. The highest BCUT2D eigenvalue weighted by Gasteiger charge is 2.42. The minimum atomic E-state index is 0.603. The van der Waals surface area contributed by atoms with Gasteiger partial charge < -0.3 is 4.42 Å². The van der Waals surface area contributed by atoms with Gasteiger partial charge in [-0.2, -0.15) is 0 Å². The van der Waals surface area contributed by atoms with Gasteiger partial charge in [0.2, 0.25) is 0 Å². The lowest BCUT2D eigenvalue weighted by Crippen LogP contribution is -2.36. The summed E-state index contributed by atoms with van der Waals surface area (Å²) < 4.78 is 5.39. The van der Waals surface area contributed by atoms with E-state index in [1.54, 1.807) is 6.26 Å². The van der Waals surface area contributed by atoms with E-state index < -0.39 is 0 Å². The Labute approximate surface area is 112 Å². The fraction of sp³-hybridized carbons (Fsp3) is 0.438. The highest BCUT2D eigenvalue weighted by molar-refractivity contribution is 5.74. The number of likely N-dealkylation sites (tertiary alicyclic amines) is 1. The van der Waals surface area contributed by atoms with Crippen LogP contribution in [0.3, 0.4) is 0 Å². The van der Waals surface area contributed by atoms with Crippen molar-refractivity contribution in [2.45, 2.75) is 31.3 Å². The third-order valence-corrected chi connectivity index (χ3v) is 4.78. The molecule has 0 spiro atoms. The summed E-state index contributed by atoms with van der Waals surface area (Å²) in [4.78, 5) is 6.93. The highest BCUT2D eigenvalue weighted by atomic mass is 16.3. The van der Waals surface area contributed by atoms with Gasteiger partial charge in [-0.05, 0) is 43.9 Å². The Morgan fingerprint density at radius 2 is 2.37 bits per heavy atom. The molecule has 1 aliphatic carbocycles. The number of pyridine rings is 1. The molecule has 2 fully saturated rings. The Kier molecular flexibility index (Phi) is 2.49. The summed E-state index contributed by atoms with van der Waals surface area (Å²) in [5.74, 6) is 0.853. The molecule has 1 saturated heterocycles. The van der Waals surface area contributed by atoms with E-state index in [4.69, 9.17) is 4.42 Å². The third-order valence-electron chi connectivity index (χ3n) is 4.78. The second-order valence-corrected chi connectivity index (χ2v) is 5.81. The van der Waals surface area contributed by atoms with E-state index in [0.717, 1.165) is 28.6 Å². The van der Waals surface area contributed by atoms with Crippen molar-refractivity contribution in [1.82, 2.24) is 9.88 Å². The maximum Gasteiger partial charge on any atom is 0.152 e. The zero-order valence-corrected chi connectivity index (χ0v) is 11.1. The Hall–Kier alpha value is -1.61. The fourth-order valence-corrected chi connectivity index (χ4v) is 3.70. The largest absolute Gasteiger partial charge is 0.463 e. The Morgan fingerprint density at radius 3 is 3.21 bits per heavy atom. The van der Waals surface area contributed by atoms with Crippen LogP contribution in [0, 0.1) is 5.92 Å². The van der Waals surface area contributed by atoms with Crippen LogP contribution in [0.2, 0.25) is 0 Å². The number of fused-ring (bicyclic) bond motifs is 3. The van der Waals surface area contributed by atoms with Crippen molar-refractivity contribution >= 4 is 17.2 Å². The van der Waals surface area contributed by atoms with E-state index in [1.165, 1.54) is 19.3 Å². The Morgan fingerprint density at radius 1 is 1.42 bits per heavy atom. The van der Waals surface area contributed by atoms with Gasteiger partial charge in [-0.3, -0.25) is 9.88 Å². The van der Waals surface area contributed by atoms with Gasteiger partial charge in [0.1, 0.15) is 5.52 Å². The molecule has 3 heteroatoms. The van der Waals surface area contributed by atoms with Crippen molar-refractivity contribution in [2.24, 2.45) is 5.92 Å². The summed E-state index contributed by atoms with van der Waals surface area (Å²) in [7, 11) is 2.26. The van der Waals surface area contributed by atoms with Crippen LogP contribution in [0.25, 0.3) is 17.2 Å². The minimum Gasteiger partial charge on any atom is -0.463 e. The van der Waals surface area contributed by atoms with Crippen LogP contribution in [0.5, 0.6) is 0 Å². The van der Waals surface area contributed by atoms with Gasteiger partial charge in [-0.1, -0.05) is 12.2 Å². The number of nitrogens with zero attached hydrogens (tertiary/aromatic N) is 2. The monoisotopic (exact) mass is 254 g/mol. The first-order chi connectivity index (χ1) is 9.31. The number of aromatic nitrogens is 1. The van der Waals surface area contributed by atoms with E-state index in [1.807, 2.05) is 12.3 Å². The smallest absolute Gasteiger partial charge is 0.152 e. The van der Waals surface area contributed by atoms with Gasteiger partial charge in [0.05, 0.1) is 6.26 Å². The fourth-order valence-electron chi connectivity index (χ4n) is 3.70. The molecule has 3 unspecified atom stereocenters. The molecule has 3 atom stereocenters. The second kappa shape index (κ2) is 4.20. The van der Waals surface area contributed by atoms with E-state index in [-0.39, 0.29) is 0 Å². The molecule has 0 radical (unpaired) electrons. The molecule has 1 aliphatic heterocycles. The third kappa shape index (κ3) is 1.80. The molecule has 2 aromatic rings. The number of furan rings is 1. The summed E-state index contributed by atoms with van der Waals surface area (Å²) in [6.45, 7) is 0. The average Bonchev–Trinajstić information content (AvgIpc) is 3.12. The minimum absolute atomic E-state index is 0.603. The summed E-state index contributed by atoms with van der Waals surface area (Å²) in [6.07, 6.45) is 12.3. The SMILES string of the molecule is CN1C2CCC(C2)C1C=Cc1cnc2ccoc2c1. The summed E-state index contributed by atoms with van der Waals surface area (Å²) in [6, 6.07) is 5.37. The van der Waals surface area contributed by atoms with Crippen molar-refractivity contribution < 1.29 is 4.42 Å². The molecule has 4 rings (SSSR count). The summed E-state index contributed by atoms with van der Waals surface area (Å²) in [5.41, 5.74) is 2.91. The van der Waals surface area contributed by atoms with E-state index in [2.05, 4.69) is 35.1 Å². The van der Waals surface area contributed by atoms with Gasteiger partial charge in [-0.15, -0.1) is 0 Å². The van der Waals surface area contributed by atoms with Crippen LogP contribution >= 0.6 is 0 Å². The standard InChI is InChI=1S/C16H18N2O/c1-18-13-4-3-12(9-13)15(18)5-2-11-8-16-14(17-10-11)6-7-19-16/h2,5-8,10,12-13,15H,3-4,9H2,1H3. The number of piperidine rings is 1. The Balaban J connectivity index is 1.58.